The second-order valence-corrected chi connectivity index (χ2v) is 6.58. The molecule has 3 aromatic carbocycles. The number of nitrogens with one attached hydrogen (secondary N) is 1. The monoisotopic (exact) mass is 379 g/mol. The Balaban J connectivity index is 1.73. The summed E-state index contributed by atoms with van der Waals surface area (Å²) in [5, 5.41) is 5.04. The van der Waals surface area contributed by atoms with Crippen LogP contribution in [0.25, 0.3) is 10.8 Å². The Bertz CT molecular complexity index is 964. The minimum atomic E-state index is -0.648. The molecule has 0 heterocycles. The molecular weight excluding hydrogens is 354 g/mol. The summed E-state index contributed by atoms with van der Waals surface area (Å²) in [5.74, 6) is 1.88. The SMILES string of the molecule is COc1ccc(OC)c([C@H](C)NC(=O)[C@H](C)Oc2cccc3ccccc23)c1. The fourth-order valence-electron chi connectivity index (χ4n) is 3.13. The fourth-order valence-corrected chi connectivity index (χ4v) is 3.13. The van der Waals surface area contributed by atoms with Crippen molar-refractivity contribution in [2.75, 3.05) is 14.2 Å². The highest BCUT2D eigenvalue weighted by molar-refractivity contribution is 5.89. The molecule has 0 aromatic heterocycles. The van der Waals surface area contributed by atoms with E-state index in [9.17, 15) is 4.79 Å². The molecule has 0 aliphatic heterocycles. The summed E-state index contributed by atoms with van der Waals surface area (Å²) in [6, 6.07) is 19.0. The van der Waals surface area contributed by atoms with Crippen molar-refractivity contribution >= 4 is 16.7 Å². The molecule has 0 fully saturated rings. The second-order valence-electron chi connectivity index (χ2n) is 6.58. The molecule has 146 valence electrons. The lowest BCUT2D eigenvalue weighted by molar-refractivity contribution is -0.127. The molecule has 0 bridgehead atoms. The highest BCUT2D eigenvalue weighted by Crippen LogP contribution is 2.30. The van der Waals surface area contributed by atoms with Crippen molar-refractivity contribution in [1.29, 1.82) is 0 Å². The zero-order chi connectivity index (χ0) is 20.1. The van der Waals surface area contributed by atoms with Crippen LogP contribution in [0.5, 0.6) is 17.2 Å². The molecule has 1 N–H and O–H groups in total. The van der Waals surface area contributed by atoms with E-state index in [0.717, 1.165) is 16.3 Å². The fraction of sp³-hybridized carbons (Fsp3) is 0.261. The van der Waals surface area contributed by atoms with Crippen molar-refractivity contribution < 1.29 is 19.0 Å². The third-order valence-electron chi connectivity index (χ3n) is 4.68. The third kappa shape index (κ3) is 4.19. The molecule has 2 atom stereocenters. The Labute approximate surface area is 165 Å². The van der Waals surface area contributed by atoms with Gasteiger partial charge in [-0.3, -0.25) is 4.79 Å². The van der Waals surface area contributed by atoms with E-state index in [2.05, 4.69) is 5.32 Å². The Morgan fingerprint density at radius 3 is 2.39 bits per heavy atom. The number of benzene rings is 3. The molecule has 0 saturated carbocycles. The summed E-state index contributed by atoms with van der Waals surface area (Å²) in [5.41, 5.74) is 0.840. The number of fused-ring (bicyclic) bond motifs is 1. The molecule has 3 aromatic rings. The van der Waals surface area contributed by atoms with Crippen molar-refractivity contribution in [2.45, 2.75) is 26.0 Å². The highest BCUT2D eigenvalue weighted by atomic mass is 16.5. The van der Waals surface area contributed by atoms with Crippen LogP contribution in [0, 0.1) is 0 Å². The van der Waals surface area contributed by atoms with Crippen LogP contribution in [0.15, 0.2) is 60.7 Å². The Morgan fingerprint density at radius 1 is 0.893 bits per heavy atom. The first-order chi connectivity index (χ1) is 13.5. The van der Waals surface area contributed by atoms with Crippen LogP contribution >= 0.6 is 0 Å². The van der Waals surface area contributed by atoms with E-state index in [1.807, 2.05) is 67.6 Å². The van der Waals surface area contributed by atoms with Gasteiger partial charge >= 0.3 is 0 Å². The van der Waals surface area contributed by atoms with Crippen LogP contribution in [0.3, 0.4) is 0 Å². The van der Waals surface area contributed by atoms with Crippen molar-refractivity contribution in [3.63, 3.8) is 0 Å². The molecular formula is C23H25NO4. The molecule has 0 aliphatic rings. The van der Waals surface area contributed by atoms with Crippen LogP contribution in [0.2, 0.25) is 0 Å². The number of hydrogen-bond donors (Lipinski definition) is 1. The van der Waals surface area contributed by atoms with Crippen LogP contribution in [-0.4, -0.2) is 26.2 Å². The lowest BCUT2D eigenvalue weighted by Crippen LogP contribution is -2.37. The third-order valence-corrected chi connectivity index (χ3v) is 4.68. The Morgan fingerprint density at radius 2 is 1.64 bits per heavy atom. The minimum Gasteiger partial charge on any atom is -0.497 e. The van der Waals surface area contributed by atoms with Gasteiger partial charge in [-0.15, -0.1) is 0 Å². The molecule has 0 radical (unpaired) electrons. The summed E-state index contributed by atoms with van der Waals surface area (Å²) < 4.78 is 16.7. The van der Waals surface area contributed by atoms with Gasteiger partial charge in [0.05, 0.1) is 20.3 Å². The first-order valence-corrected chi connectivity index (χ1v) is 9.20. The van der Waals surface area contributed by atoms with Crippen molar-refractivity contribution in [3.05, 3.63) is 66.2 Å². The van der Waals surface area contributed by atoms with Gasteiger partial charge in [0.1, 0.15) is 17.2 Å². The van der Waals surface area contributed by atoms with Gasteiger partial charge in [-0.2, -0.15) is 0 Å². The molecule has 0 aliphatic carbocycles. The largest absolute Gasteiger partial charge is 0.497 e. The van der Waals surface area contributed by atoms with Crippen LogP contribution < -0.4 is 19.5 Å². The number of ether oxygens (including phenoxy) is 3. The first kappa shape index (κ1) is 19.5. The maximum atomic E-state index is 12.7. The topological polar surface area (TPSA) is 56.8 Å². The first-order valence-electron chi connectivity index (χ1n) is 9.20. The highest BCUT2D eigenvalue weighted by Gasteiger charge is 2.21. The molecule has 0 unspecified atom stereocenters. The van der Waals surface area contributed by atoms with Crippen LogP contribution in [0.1, 0.15) is 25.5 Å². The van der Waals surface area contributed by atoms with E-state index in [4.69, 9.17) is 14.2 Å². The molecule has 0 saturated heterocycles. The summed E-state index contributed by atoms with van der Waals surface area (Å²) in [4.78, 5) is 12.7. The zero-order valence-corrected chi connectivity index (χ0v) is 16.6. The second kappa shape index (κ2) is 8.65. The average molecular weight is 379 g/mol. The van der Waals surface area contributed by atoms with E-state index in [-0.39, 0.29) is 11.9 Å². The molecule has 28 heavy (non-hydrogen) atoms. The van der Waals surface area contributed by atoms with Crippen LogP contribution in [-0.2, 0) is 4.79 Å². The zero-order valence-electron chi connectivity index (χ0n) is 16.6. The maximum absolute atomic E-state index is 12.7. The lowest BCUT2D eigenvalue weighted by atomic mass is 10.1. The predicted molar refractivity (Wildman–Crippen MR) is 110 cm³/mol. The predicted octanol–water partition coefficient (Wildman–Crippen LogP) is 4.50. The Kier molecular flexibility index (Phi) is 6.04. The molecule has 1 amide bonds. The summed E-state index contributed by atoms with van der Waals surface area (Å²) in [6.07, 6.45) is -0.648. The number of carbonyl (C=O) groups excluding carboxylic acids is 1. The standard InChI is InChI=1S/C23H25NO4/c1-15(20-14-18(26-3)12-13-21(20)27-4)24-23(25)16(2)28-22-11-7-9-17-8-5-6-10-19(17)22/h5-16H,1-4H3,(H,24,25)/t15-,16-/m0/s1. The van der Waals surface area contributed by atoms with Crippen molar-refractivity contribution in [1.82, 2.24) is 5.32 Å². The van der Waals surface area contributed by atoms with Crippen molar-refractivity contribution in [2.24, 2.45) is 0 Å². The lowest BCUT2D eigenvalue weighted by Gasteiger charge is -2.21. The maximum Gasteiger partial charge on any atom is 0.261 e. The number of rotatable bonds is 7. The van der Waals surface area contributed by atoms with E-state index in [1.165, 1.54) is 0 Å². The van der Waals surface area contributed by atoms with Gasteiger partial charge in [0.2, 0.25) is 0 Å². The van der Waals surface area contributed by atoms with E-state index < -0.39 is 6.10 Å². The van der Waals surface area contributed by atoms with Gasteiger partial charge in [0.15, 0.2) is 6.10 Å². The smallest absolute Gasteiger partial charge is 0.261 e. The molecule has 5 heteroatoms. The molecule has 3 rings (SSSR count). The summed E-state index contributed by atoms with van der Waals surface area (Å²) >= 11 is 0. The number of carbonyl (C=O) groups is 1. The van der Waals surface area contributed by atoms with E-state index in [1.54, 1.807) is 21.1 Å². The number of amides is 1. The van der Waals surface area contributed by atoms with Gasteiger partial charge in [0.25, 0.3) is 5.91 Å². The molecule has 5 nitrogen and oxygen atoms in total. The minimum absolute atomic E-state index is 0.203. The van der Waals surface area contributed by atoms with Gasteiger partial charge < -0.3 is 19.5 Å². The van der Waals surface area contributed by atoms with Gasteiger partial charge in [0, 0.05) is 10.9 Å². The summed E-state index contributed by atoms with van der Waals surface area (Å²) in [6.45, 7) is 3.65. The average Bonchev–Trinajstić information content (AvgIpc) is 2.73. The number of methoxy groups -OCH3 is 2. The normalized spacial score (nSPS) is 12.9. The molecule has 0 spiro atoms. The summed E-state index contributed by atoms with van der Waals surface area (Å²) in [7, 11) is 3.21. The Hall–Kier alpha value is -3.21. The quantitative estimate of drug-likeness (QED) is 0.657. The van der Waals surface area contributed by atoms with Crippen LogP contribution in [0.4, 0.5) is 0 Å². The van der Waals surface area contributed by atoms with Gasteiger partial charge in [-0.1, -0.05) is 36.4 Å². The van der Waals surface area contributed by atoms with E-state index in [0.29, 0.717) is 17.2 Å². The van der Waals surface area contributed by atoms with E-state index >= 15 is 0 Å². The number of hydrogen-bond acceptors (Lipinski definition) is 4. The van der Waals surface area contributed by atoms with Gasteiger partial charge in [-0.05, 0) is 43.5 Å². The van der Waals surface area contributed by atoms with Crippen molar-refractivity contribution in [3.8, 4) is 17.2 Å². The van der Waals surface area contributed by atoms with Gasteiger partial charge in [-0.25, -0.2) is 0 Å².